The van der Waals surface area contributed by atoms with Gasteiger partial charge in [-0.25, -0.2) is 4.98 Å². The largest absolute Gasteiger partial charge is 0.481 e. The average molecular weight is 334 g/mol. The number of ether oxygens (including phenoxy) is 2. The van der Waals surface area contributed by atoms with Crippen molar-refractivity contribution < 1.29 is 9.47 Å². The lowest BCUT2D eigenvalue weighted by Crippen LogP contribution is -2.48. The maximum atomic E-state index is 5.39. The van der Waals surface area contributed by atoms with Crippen LogP contribution >= 0.6 is 11.3 Å². The van der Waals surface area contributed by atoms with Crippen LogP contribution in [0, 0.1) is 12.3 Å². The predicted octanol–water partition coefficient (Wildman–Crippen LogP) is 2.29. The third-order valence-corrected chi connectivity index (χ3v) is 4.63. The van der Waals surface area contributed by atoms with E-state index in [0.717, 1.165) is 48.6 Å². The van der Waals surface area contributed by atoms with E-state index in [9.17, 15) is 0 Å². The zero-order chi connectivity index (χ0) is 16.3. The van der Waals surface area contributed by atoms with Crippen LogP contribution in [0.4, 0.5) is 0 Å². The highest BCUT2D eigenvalue weighted by atomic mass is 32.1. The molecule has 3 rings (SSSR count). The van der Waals surface area contributed by atoms with Gasteiger partial charge in [0.05, 0.1) is 32.6 Å². The zero-order valence-electron chi connectivity index (χ0n) is 13.8. The predicted molar refractivity (Wildman–Crippen MR) is 88.5 cm³/mol. The zero-order valence-corrected chi connectivity index (χ0v) is 14.6. The summed E-state index contributed by atoms with van der Waals surface area (Å²) in [6, 6.07) is 5.87. The van der Waals surface area contributed by atoms with E-state index >= 15 is 0 Å². The van der Waals surface area contributed by atoms with Crippen molar-refractivity contribution in [1.82, 2.24) is 20.1 Å². The van der Waals surface area contributed by atoms with Crippen LogP contribution in [0.1, 0.15) is 22.6 Å². The molecule has 1 aliphatic heterocycles. The Morgan fingerprint density at radius 3 is 2.74 bits per heavy atom. The van der Waals surface area contributed by atoms with Gasteiger partial charge in [0.15, 0.2) is 0 Å². The van der Waals surface area contributed by atoms with Crippen molar-refractivity contribution in [3.63, 3.8) is 0 Å². The molecule has 0 aliphatic carbocycles. The van der Waals surface area contributed by atoms with Gasteiger partial charge in [0.2, 0.25) is 5.88 Å². The van der Waals surface area contributed by atoms with Crippen molar-refractivity contribution in [2.75, 3.05) is 26.9 Å². The second-order valence-corrected chi connectivity index (χ2v) is 7.60. The van der Waals surface area contributed by atoms with E-state index in [1.165, 1.54) is 0 Å². The molecule has 2 aromatic rings. The van der Waals surface area contributed by atoms with E-state index in [2.05, 4.69) is 27.0 Å². The second-order valence-electron chi connectivity index (χ2n) is 6.33. The number of hydrogen-bond acceptors (Lipinski definition) is 7. The van der Waals surface area contributed by atoms with E-state index in [1.807, 2.05) is 25.1 Å². The molecule has 0 saturated carbocycles. The highest BCUT2D eigenvalue weighted by Crippen LogP contribution is 2.29. The summed E-state index contributed by atoms with van der Waals surface area (Å²) in [6.07, 6.45) is 0. The first kappa shape index (κ1) is 16.3. The van der Waals surface area contributed by atoms with Gasteiger partial charge in [0.1, 0.15) is 10.0 Å². The Morgan fingerprint density at radius 2 is 2.13 bits per heavy atom. The molecule has 1 aliphatic rings. The number of nitrogens with zero attached hydrogens (tertiary/aromatic N) is 4. The van der Waals surface area contributed by atoms with Crippen molar-refractivity contribution in [1.29, 1.82) is 0 Å². The first-order valence-corrected chi connectivity index (χ1v) is 8.47. The Balaban J connectivity index is 1.73. The fourth-order valence-electron chi connectivity index (χ4n) is 2.73. The quantitative estimate of drug-likeness (QED) is 0.774. The van der Waals surface area contributed by atoms with Crippen LogP contribution in [0.3, 0.4) is 0 Å². The Morgan fingerprint density at radius 1 is 1.30 bits per heavy atom. The number of hydrogen-bond donors (Lipinski definition) is 0. The Bertz CT molecular complexity index is 657. The summed E-state index contributed by atoms with van der Waals surface area (Å²) in [4.78, 5) is 6.89. The van der Waals surface area contributed by atoms with Gasteiger partial charge in [0.25, 0.3) is 0 Å². The fourth-order valence-corrected chi connectivity index (χ4v) is 3.48. The van der Waals surface area contributed by atoms with Gasteiger partial charge >= 0.3 is 0 Å². The molecule has 23 heavy (non-hydrogen) atoms. The summed E-state index contributed by atoms with van der Waals surface area (Å²) in [5.74, 6) is 0.646. The molecule has 7 heteroatoms. The molecule has 6 nitrogen and oxygen atoms in total. The van der Waals surface area contributed by atoms with Gasteiger partial charge in [-0.05, 0) is 13.0 Å². The molecule has 0 N–H and O–H groups in total. The summed E-state index contributed by atoms with van der Waals surface area (Å²) in [5.41, 5.74) is 1.20. The molecule has 1 fully saturated rings. The van der Waals surface area contributed by atoms with Gasteiger partial charge in [-0.1, -0.05) is 13.0 Å². The molecule has 0 radical (unpaired) electrons. The van der Waals surface area contributed by atoms with Crippen molar-refractivity contribution in [3.05, 3.63) is 33.9 Å². The van der Waals surface area contributed by atoms with E-state index in [0.29, 0.717) is 5.88 Å². The van der Waals surface area contributed by atoms with Crippen LogP contribution in [0.15, 0.2) is 18.2 Å². The van der Waals surface area contributed by atoms with Crippen molar-refractivity contribution in [2.24, 2.45) is 5.41 Å². The molecule has 124 valence electrons. The fraction of sp³-hybridized carbons (Fsp3) is 0.562. The third-order valence-electron chi connectivity index (χ3n) is 3.81. The van der Waals surface area contributed by atoms with Gasteiger partial charge in [-0.15, -0.1) is 21.5 Å². The smallest absolute Gasteiger partial charge is 0.213 e. The average Bonchev–Trinajstić information content (AvgIpc) is 2.91. The van der Waals surface area contributed by atoms with E-state index in [1.54, 1.807) is 18.4 Å². The number of aryl methyl sites for hydroxylation is 1. The molecule has 0 atom stereocenters. The Labute approximate surface area is 140 Å². The second kappa shape index (κ2) is 6.90. The molecular weight excluding hydrogens is 312 g/mol. The van der Waals surface area contributed by atoms with Gasteiger partial charge in [0, 0.05) is 24.6 Å². The molecule has 0 amide bonds. The number of rotatable bonds is 7. The summed E-state index contributed by atoms with van der Waals surface area (Å²) in [7, 11) is 1.64. The van der Waals surface area contributed by atoms with Crippen LogP contribution < -0.4 is 4.74 Å². The molecule has 0 aromatic carbocycles. The highest BCUT2D eigenvalue weighted by Gasteiger charge is 2.35. The van der Waals surface area contributed by atoms with E-state index in [4.69, 9.17) is 9.47 Å². The topological polar surface area (TPSA) is 60.4 Å². The standard InChI is InChI=1S/C16H22N4O2S/c1-12-18-19-15(23-12)8-20(9-16(2)10-22-11-16)7-13-5-4-6-14(17-13)21-3/h4-6H,7-11H2,1-3H3. The van der Waals surface area contributed by atoms with Crippen LogP contribution in [0.2, 0.25) is 0 Å². The van der Waals surface area contributed by atoms with Gasteiger partial charge in [-0.3, -0.25) is 4.90 Å². The van der Waals surface area contributed by atoms with E-state index in [-0.39, 0.29) is 5.41 Å². The minimum atomic E-state index is 0.207. The Kier molecular flexibility index (Phi) is 4.89. The van der Waals surface area contributed by atoms with Gasteiger partial charge < -0.3 is 9.47 Å². The number of aromatic nitrogens is 3. The monoisotopic (exact) mass is 334 g/mol. The third kappa shape index (κ3) is 4.25. The van der Waals surface area contributed by atoms with Gasteiger partial charge in [-0.2, -0.15) is 0 Å². The van der Waals surface area contributed by atoms with Crippen LogP contribution in [0.5, 0.6) is 5.88 Å². The van der Waals surface area contributed by atoms with E-state index < -0.39 is 0 Å². The van der Waals surface area contributed by atoms with Crippen molar-refractivity contribution >= 4 is 11.3 Å². The highest BCUT2D eigenvalue weighted by molar-refractivity contribution is 7.11. The Hall–Kier alpha value is -1.57. The minimum absolute atomic E-state index is 0.207. The SMILES string of the molecule is COc1cccc(CN(Cc2nnc(C)s2)CC2(C)COC2)n1. The van der Waals surface area contributed by atoms with Crippen LogP contribution in [-0.4, -0.2) is 46.9 Å². The normalized spacial score (nSPS) is 16.3. The number of methoxy groups -OCH3 is 1. The lowest BCUT2D eigenvalue weighted by Gasteiger charge is -2.41. The first-order chi connectivity index (χ1) is 11.1. The lowest BCUT2D eigenvalue weighted by atomic mass is 9.88. The summed E-state index contributed by atoms with van der Waals surface area (Å²) >= 11 is 1.65. The summed E-state index contributed by atoms with van der Waals surface area (Å²) < 4.78 is 10.6. The molecule has 1 saturated heterocycles. The van der Waals surface area contributed by atoms with Crippen LogP contribution in [-0.2, 0) is 17.8 Å². The number of pyridine rings is 1. The molecule has 2 aromatic heterocycles. The van der Waals surface area contributed by atoms with Crippen LogP contribution in [0.25, 0.3) is 0 Å². The first-order valence-electron chi connectivity index (χ1n) is 7.65. The molecule has 0 spiro atoms. The molecule has 0 unspecified atom stereocenters. The molecule has 3 heterocycles. The van der Waals surface area contributed by atoms with Crippen molar-refractivity contribution in [2.45, 2.75) is 26.9 Å². The summed E-state index contributed by atoms with van der Waals surface area (Å²) in [5, 5.41) is 10.4. The van der Waals surface area contributed by atoms with Crippen molar-refractivity contribution in [3.8, 4) is 5.88 Å². The molecule has 0 bridgehead atoms. The minimum Gasteiger partial charge on any atom is -0.481 e. The maximum absolute atomic E-state index is 5.39. The maximum Gasteiger partial charge on any atom is 0.213 e. The molecular formula is C16H22N4O2S. The lowest BCUT2D eigenvalue weighted by molar-refractivity contribution is -0.117. The summed E-state index contributed by atoms with van der Waals surface area (Å²) in [6.45, 7) is 8.34.